The molecule has 1 saturated carbocycles. The molecule has 0 atom stereocenters. The summed E-state index contributed by atoms with van der Waals surface area (Å²) in [4.78, 5) is 26.2. The zero-order chi connectivity index (χ0) is 17.0. The molecule has 0 saturated heterocycles. The third-order valence-electron chi connectivity index (χ3n) is 3.93. The first-order chi connectivity index (χ1) is 10.9. The summed E-state index contributed by atoms with van der Waals surface area (Å²) in [6.07, 6.45) is 2.49. The van der Waals surface area contributed by atoms with E-state index in [1.165, 1.54) is 0 Å². The number of hydrogen-bond donors (Lipinski definition) is 2. The van der Waals surface area contributed by atoms with Gasteiger partial charge in [0.05, 0.1) is 6.61 Å². The molecule has 5 heteroatoms. The minimum Gasteiger partial charge on any atom is -0.395 e. The summed E-state index contributed by atoms with van der Waals surface area (Å²) in [6, 6.07) is 5.60. The zero-order valence-corrected chi connectivity index (χ0v) is 14.1. The van der Waals surface area contributed by atoms with E-state index in [-0.39, 0.29) is 24.5 Å². The molecule has 1 fully saturated rings. The number of aryl methyl sites for hydroxylation is 1. The molecule has 2 amide bonds. The Balaban J connectivity index is 2.08. The van der Waals surface area contributed by atoms with E-state index in [9.17, 15) is 9.59 Å². The molecular formula is C18H26N2O3. The van der Waals surface area contributed by atoms with Crippen LogP contribution < -0.4 is 5.32 Å². The van der Waals surface area contributed by atoms with Crippen LogP contribution in [0.1, 0.15) is 49.0 Å². The van der Waals surface area contributed by atoms with Gasteiger partial charge in [-0.3, -0.25) is 9.59 Å². The van der Waals surface area contributed by atoms with Crippen LogP contribution in [0.4, 0.5) is 5.69 Å². The average Bonchev–Trinajstić information content (AvgIpc) is 3.30. The molecule has 2 rings (SSSR count). The van der Waals surface area contributed by atoms with Crippen molar-refractivity contribution < 1.29 is 14.7 Å². The lowest BCUT2D eigenvalue weighted by Crippen LogP contribution is -2.35. The van der Waals surface area contributed by atoms with E-state index in [4.69, 9.17) is 5.11 Å². The van der Waals surface area contributed by atoms with Gasteiger partial charge in [-0.05, 0) is 49.4 Å². The molecule has 0 bridgehead atoms. The highest BCUT2D eigenvalue weighted by Gasteiger charge is 2.32. The summed E-state index contributed by atoms with van der Waals surface area (Å²) in [6.45, 7) is 6.24. The highest BCUT2D eigenvalue weighted by Crippen LogP contribution is 2.28. The number of carbonyl (C=O) groups excluding carboxylic acids is 2. The first-order valence-corrected chi connectivity index (χ1v) is 8.24. The Morgan fingerprint density at radius 1 is 1.35 bits per heavy atom. The molecule has 0 unspecified atom stereocenters. The van der Waals surface area contributed by atoms with Gasteiger partial charge in [0.1, 0.15) is 0 Å². The summed E-state index contributed by atoms with van der Waals surface area (Å²) in [5.41, 5.74) is 2.21. The van der Waals surface area contributed by atoms with Crippen LogP contribution in [0.25, 0.3) is 0 Å². The van der Waals surface area contributed by atoms with E-state index in [0.29, 0.717) is 24.4 Å². The lowest BCUT2D eigenvalue weighted by Gasteiger charge is -2.22. The number of anilines is 1. The van der Waals surface area contributed by atoms with Gasteiger partial charge in [0.2, 0.25) is 5.91 Å². The van der Waals surface area contributed by atoms with Crippen molar-refractivity contribution in [2.24, 2.45) is 5.92 Å². The molecular weight excluding hydrogens is 292 g/mol. The van der Waals surface area contributed by atoms with Gasteiger partial charge in [0.25, 0.3) is 5.91 Å². The summed E-state index contributed by atoms with van der Waals surface area (Å²) in [7, 11) is 0. The lowest BCUT2D eigenvalue weighted by atomic mass is 10.1. The zero-order valence-electron chi connectivity index (χ0n) is 14.1. The van der Waals surface area contributed by atoms with E-state index in [2.05, 4.69) is 5.32 Å². The third-order valence-corrected chi connectivity index (χ3v) is 3.93. The van der Waals surface area contributed by atoms with Gasteiger partial charge in [-0.25, -0.2) is 0 Å². The van der Waals surface area contributed by atoms with Crippen LogP contribution in [-0.2, 0) is 4.79 Å². The van der Waals surface area contributed by atoms with E-state index < -0.39 is 0 Å². The molecule has 23 heavy (non-hydrogen) atoms. The molecule has 0 aromatic heterocycles. The van der Waals surface area contributed by atoms with Gasteiger partial charge in [-0.1, -0.05) is 13.8 Å². The molecule has 1 aromatic carbocycles. The van der Waals surface area contributed by atoms with Crippen molar-refractivity contribution in [1.29, 1.82) is 0 Å². The van der Waals surface area contributed by atoms with Crippen molar-refractivity contribution in [2.45, 2.75) is 46.1 Å². The van der Waals surface area contributed by atoms with Crippen LogP contribution in [0.15, 0.2) is 18.2 Å². The Morgan fingerprint density at radius 3 is 2.57 bits per heavy atom. The summed E-state index contributed by atoms with van der Waals surface area (Å²) < 4.78 is 0. The molecule has 1 aliphatic carbocycles. The van der Waals surface area contributed by atoms with Gasteiger partial charge in [0, 0.05) is 30.3 Å². The maximum Gasteiger partial charge on any atom is 0.254 e. The van der Waals surface area contributed by atoms with Crippen LogP contribution in [0, 0.1) is 12.8 Å². The van der Waals surface area contributed by atoms with Crippen molar-refractivity contribution >= 4 is 17.5 Å². The number of carbonyl (C=O) groups is 2. The van der Waals surface area contributed by atoms with Gasteiger partial charge in [-0.2, -0.15) is 0 Å². The highest BCUT2D eigenvalue weighted by molar-refractivity contribution is 5.97. The molecule has 0 heterocycles. The number of benzene rings is 1. The molecule has 5 nitrogen and oxygen atoms in total. The quantitative estimate of drug-likeness (QED) is 0.812. The number of rotatable bonds is 7. The van der Waals surface area contributed by atoms with Gasteiger partial charge >= 0.3 is 0 Å². The Kier molecular flexibility index (Phi) is 5.77. The van der Waals surface area contributed by atoms with Gasteiger partial charge in [0.15, 0.2) is 0 Å². The van der Waals surface area contributed by atoms with Crippen molar-refractivity contribution in [2.75, 3.05) is 18.5 Å². The summed E-state index contributed by atoms with van der Waals surface area (Å²) in [5.74, 6) is 0.244. The number of amides is 2. The predicted octanol–water partition coefficient (Wildman–Crippen LogP) is 2.58. The Hall–Kier alpha value is -1.88. The minimum absolute atomic E-state index is 0.0120. The molecule has 126 valence electrons. The normalized spacial score (nSPS) is 14.0. The second-order valence-corrected chi connectivity index (χ2v) is 6.63. The molecule has 0 spiro atoms. The van der Waals surface area contributed by atoms with Crippen molar-refractivity contribution in [3.05, 3.63) is 29.3 Å². The standard InChI is InChI=1S/C18H26N2O3/c1-12(2)10-17(22)19-16-7-4-14(11-13(16)3)18(23)20(8-9-21)15-5-6-15/h4,7,11-12,15,21H,5-6,8-10H2,1-3H3,(H,19,22). The topological polar surface area (TPSA) is 69.6 Å². The molecule has 0 aliphatic heterocycles. The van der Waals surface area contributed by atoms with Crippen LogP contribution in [0.5, 0.6) is 0 Å². The fourth-order valence-corrected chi connectivity index (χ4v) is 2.62. The Bertz CT molecular complexity index is 580. The van der Waals surface area contributed by atoms with Crippen LogP contribution in [0.3, 0.4) is 0 Å². The highest BCUT2D eigenvalue weighted by atomic mass is 16.3. The number of aliphatic hydroxyl groups excluding tert-OH is 1. The predicted molar refractivity (Wildman–Crippen MR) is 90.4 cm³/mol. The van der Waals surface area contributed by atoms with Crippen molar-refractivity contribution in [1.82, 2.24) is 4.90 Å². The maximum absolute atomic E-state index is 12.6. The maximum atomic E-state index is 12.6. The van der Waals surface area contributed by atoms with E-state index >= 15 is 0 Å². The largest absolute Gasteiger partial charge is 0.395 e. The first kappa shape index (κ1) is 17.5. The second-order valence-electron chi connectivity index (χ2n) is 6.63. The number of nitrogens with zero attached hydrogens (tertiary/aromatic N) is 1. The fourth-order valence-electron chi connectivity index (χ4n) is 2.62. The summed E-state index contributed by atoms with van der Waals surface area (Å²) in [5, 5.41) is 12.0. The fraction of sp³-hybridized carbons (Fsp3) is 0.556. The summed E-state index contributed by atoms with van der Waals surface area (Å²) >= 11 is 0. The minimum atomic E-state index is -0.0512. The Labute approximate surface area is 137 Å². The smallest absolute Gasteiger partial charge is 0.254 e. The molecule has 2 N–H and O–H groups in total. The monoisotopic (exact) mass is 318 g/mol. The van der Waals surface area contributed by atoms with Crippen LogP contribution in [0.2, 0.25) is 0 Å². The average molecular weight is 318 g/mol. The number of hydrogen-bond acceptors (Lipinski definition) is 3. The molecule has 1 aliphatic rings. The van der Waals surface area contributed by atoms with E-state index in [1.807, 2.05) is 20.8 Å². The number of aliphatic hydroxyl groups is 1. The van der Waals surface area contributed by atoms with Crippen molar-refractivity contribution in [3.8, 4) is 0 Å². The lowest BCUT2D eigenvalue weighted by molar-refractivity contribution is -0.116. The van der Waals surface area contributed by atoms with Gasteiger partial charge < -0.3 is 15.3 Å². The Morgan fingerprint density at radius 2 is 2.04 bits per heavy atom. The van der Waals surface area contributed by atoms with Gasteiger partial charge in [-0.15, -0.1) is 0 Å². The first-order valence-electron chi connectivity index (χ1n) is 8.24. The van der Waals surface area contributed by atoms with E-state index in [0.717, 1.165) is 24.1 Å². The van der Waals surface area contributed by atoms with Crippen LogP contribution in [-0.4, -0.2) is 41.0 Å². The number of nitrogens with one attached hydrogen (secondary N) is 1. The molecule has 0 radical (unpaired) electrons. The van der Waals surface area contributed by atoms with E-state index in [1.54, 1.807) is 23.1 Å². The van der Waals surface area contributed by atoms with Crippen molar-refractivity contribution in [3.63, 3.8) is 0 Å². The second kappa shape index (κ2) is 7.59. The molecule has 1 aromatic rings. The van der Waals surface area contributed by atoms with Crippen LogP contribution >= 0.6 is 0 Å². The third kappa shape index (κ3) is 4.79. The SMILES string of the molecule is Cc1cc(C(=O)N(CCO)C2CC2)ccc1NC(=O)CC(C)C.